The summed E-state index contributed by atoms with van der Waals surface area (Å²) < 4.78 is 11.4. The van der Waals surface area contributed by atoms with Gasteiger partial charge in [-0.15, -0.1) is 0 Å². The molecule has 57 heavy (non-hydrogen) atoms. The van der Waals surface area contributed by atoms with Crippen LogP contribution in [0.1, 0.15) is 0 Å². The quantitative estimate of drug-likeness (QED) is 0.177. The van der Waals surface area contributed by atoms with Crippen LogP contribution in [0.25, 0.3) is 111 Å². The third kappa shape index (κ3) is 4.82. The number of aromatic nitrogens is 4. The van der Waals surface area contributed by atoms with Gasteiger partial charge in [0.15, 0.2) is 5.82 Å². The molecule has 0 saturated carbocycles. The zero-order valence-corrected chi connectivity index (χ0v) is 30.7. The minimum Gasteiger partial charge on any atom is -0.456 e. The minimum absolute atomic E-state index is 0.669. The fourth-order valence-electron chi connectivity index (χ4n) is 8.84. The lowest BCUT2D eigenvalue weighted by atomic mass is 10.1. The van der Waals surface area contributed by atoms with E-state index in [1.807, 2.05) is 18.2 Å². The largest absolute Gasteiger partial charge is 0.456 e. The Morgan fingerprint density at radius 1 is 0.351 bits per heavy atom. The molecule has 0 aliphatic heterocycles. The maximum absolute atomic E-state index is 6.53. The van der Waals surface area contributed by atoms with Crippen LogP contribution in [0, 0.1) is 0 Å². The zero-order valence-electron chi connectivity index (χ0n) is 30.7. The second-order valence-corrected chi connectivity index (χ2v) is 14.6. The van der Waals surface area contributed by atoms with Crippen LogP contribution in [0.15, 0.2) is 199 Å². The normalized spacial score (nSPS) is 11.9. The summed E-state index contributed by atoms with van der Waals surface area (Å²) in [6.07, 6.45) is 0. The SMILES string of the molecule is c1ccc(-c2cc(-c3ccccc3)nc(-c3cccc(-n4c5c(ccc6oc7ccccc7c65)c5ccc6c(c7ccccc7n6-c6ccccc6)c54)c3)n2)cc1. The number of rotatable bonds is 5. The van der Waals surface area contributed by atoms with Gasteiger partial charge >= 0.3 is 0 Å². The summed E-state index contributed by atoms with van der Waals surface area (Å²) in [5.41, 5.74) is 13.2. The molecule has 4 aromatic heterocycles. The molecule has 8 aromatic carbocycles. The van der Waals surface area contributed by atoms with Crippen molar-refractivity contribution in [1.82, 2.24) is 19.1 Å². The van der Waals surface area contributed by atoms with Crippen molar-refractivity contribution in [2.75, 3.05) is 0 Å². The first-order valence-corrected chi connectivity index (χ1v) is 19.3. The van der Waals surface area contributed by atoms with Crippen LogP contribution in [-0.4, -0.2) is 19.1 Å². The standard InChI is InChI=1S/C52H32N4O/c1-4-15-33(16-5-1)42-32-43(34-17-6-2-7-18-34)54-52(53-42)35-19-14-22-37(31-35)56-50-38(39-28-30-47-49(51(39)56)41-24-11-13-26-46(41)57-47)27-29-45-48(50)40-23-10-12-25-44(40)55(45)36-20-8-3-9-21-36/h1-32H. The van der Waals surface area contributed by atoms with E-state index in [1.54, 1.807) is 0 Å². The Morgan fingerprint density at radius 2 is 0.930 bits per heavy atom. The Morgan fingerprint density at radius 3 is 1.67 bits per heavy atom. The Hall–Kier alpha value is -7.76. The van der Waals surface area contributed by atoms with E-state index < -0.39 is 0 Å². The van der Waals surface area contributed by atoms with Gasteiger partial charge in [-0.1, -0.05) is 133 Å². The molecule has 0 N–H and O–H groups in total. The van der Waals surface area contributed by atoms with E-state index in [-0.39, 0.29) is 0 Å². The molecule has 5 nitrogen and oxygen atoms in total. The predicted molar refractivity (Wildman–Crippen MR) is 234 cm³/mol. The Balaban J connectivity index is 1.21. The second kappa shape index (κ2) is 12.4. The number of furan rings is 1. The van der Waals surface area contributed by atoms with Crippen molar-refractivity contribution in [1.29, 1.82) is 0 Å². The Kier molecular flexibility index (Phi) is 6.86. The highest BCUT2D eigenvalue weighted by atomic mass is 16.3. The molecule has 5 heteroatoms. The molecule has 266 valence electrons. The highest BCUT2D eigenvalue weighted by Crippen LogP contribution is 2.45. The lowest BCUT2D eigenvalue weighted by Crippen LogP contribution is -1.99. The van der Waals surface area contributed by atoms with Gasteiger partial charge in [-0.2, -0.15) is 0 Å². The average Bonchev–Trinajstić information content (AvgIpc) is 3.95. The number of fused-ring (bicyclic) bond motifs is 11. The maximum atomic E-state index is 6.53. The van der Waals surface area contributed by atoms with Crippen molar-refractivity contribution in [3.8, 4) is 45.3 Å². The zero-order chi connectivity index (χ0) is 37.5. The minimum atomic E-state index is 0.669. The van der Waals surface area contributed by atoms with E-state index in [4.69, 9.17) is 14.4 Å². The van der Waals surface area contributed by atoms with Gasteiger partial charge in [-0.05, 0) is 60.7 Å². The summed E-state index contributed by atoms with van der Waals surface area (Å²) >= 11 is 0. The van der Waals surface area contributed by atoms with E-state index in [9.17, 15) is 0 Å². The molecule has 0 unspecified atom stereocenters. The van der Waals surface area contributed by atoms with Crippen LogP contribution < -0.4 is 0 Å². The molecule has 0 fully saturated rings. The third-order valence-corrected chi connectivity index (χ3v) is 11.3. The van der Waals surface area contributed by atoms with Crippen molar-refractivity contribution >= 4 is 65.6 Å². The van der Waals surface area contributed by atoms with Crippen LogP contribution in [0.5, 0.6) is 0 Å². The van der Waals surface area contributed by atoms with Crippen molar-refractivity contribution in [2.24, 2.45) is 0 Å². The van der Waals surface area contributed by atoms with E-state index in [1.165, 1.54) is 21.5 Å². The summed E-state index contributed by atoms with van der Waals surface area (Å²) in [5.74, 6) is 0.669. The molecule has 0 aliphatic carbocycles. The first kappa shape index (κ1) is 31.6. The molecule has 0 amide bonds. The average molecular weight is 729 g/mol. The lowest BCUT2D eigenvalue weighted by molar-refractivity contribution is 0.669. The van der Waals surface area contributed by atoms with Crippen LogP contribution in [0.4, 0.5) is 0 Å². The van der Waals surface area contributed by atoms with E-state index in [0.717, 1.165) is 83.5 Å². The molecule has 0 bridgehead atoms. The van der Waals surface area contributed by atoms with Crippen molar-refractivity contribution < 1.29 is 4.42 Å². The molecule has 0 spiro atoms. The predicted octanol–water partition coefficient (Wildman–Crippen LogP) is 13.6. The van der Waals surface area contributed by atoms with Gasteiger partial charge in [0.1, 0.15) is 11.2 Å². The van der Waals surface area contributed by atoms with E-state index in [2.05, 4.69) is 185 Å². The lowest BCUT2D eigenvalue weighted by Gasteiger charge is -2.13. The van der Waals surface area contributed by atoms with Crippen LogP contribution in [0.2, 0.25) is 0 Å². The molecule has 0 atom stereocenters. The van der Waals surface area contributed by atoms with Gasteiger partial charge in [0.2, 0.25) is 0 Å². The molecule has 0 aliphatic rings. The first-order valence-electron chi connectivity index (χ1n) is 19.3. The number of para-hydroxylation sites is 3. The molecule has 0 saturated heterocycles. The Labute approximate surface area is 327 Å². The summed E-state index contributed by atoms with van der Waals surface area (Å²) in [7, 11) is 0. The second-order valence-electron chi connectivity index (χ2n) is 14.6. The molecular formula is C52H32N4O. The molecule has 12 rings (SSSR count). The highest BCUT2D eigenvalue weighted by Gasteiger charge is 2.24. The smallest absolute Gasteiger partial charge is 0.160 e. The fraction of sp³-hybridized carbons (Fsp3) is 0. The van der Waals surface area contributed by atoms with Crippen molar-refractivity contribution in [3.05, 3.63) is 194 Å². The van der Waals surface area contributed by atoms with Crippen molar-refractivity contribution in [2.45, 2.75) is 0 Å². The summed E-state index contributed by atoms with van der Waals surface area (Å²) in [4.78, 5) is 10.4. The van der Waals surface area contributed by atoms with Gasteiger partial charge in [0, 0.05) is 55.0 Å². The third-order valence-electron chi connectivity index (χ3n) is 11.3. The van der Waals surface area contributed by atoms with Crippen molar-refractivity contribution in [3.63, 3.8) is 0 Å². The van der Waals surface area contributed by atoms with Crippen LogP contribution >= 0.6 is 0 Å². The molecule has 0 radical (unpaired) electrons. The van der Waals surface area contributed by atoms with Gasteiger partial charge in [-0.3, -0.25) is 0 Å². The number of hydrogen-bond donors (Lipinski definition) is 0. The first-order chi connectivity index (χ1) is 28.3. The van der Waals surface area contributed by atoms with Gasteiger partial charge in [0.05, 0.1) is 38.8 Å². The number of hydrogen-bond acceptors (Lipinski definition) is 3. The highest BCUT2D eigenvalue weighted by molar-refractivity contribution is 6.30. The maximum Gasteiger partial charge on any atom is 0.160 e. The summed E-state index contributed by atoms with van der Waals surface area (Å²) in [6, 6.07) is 68.2. The van der Waals surface area contributed by atoms with Crippen LogP contribution in [-0.2, 0) is 0 Å². The summed E-state index contributed by atoms with van der Waals surface area (Å²) in [6.45, 7) is 0. The van der Waals surface area contributed by atoms with Gasteiger partial charge in [-0.25, -0.2) is 9.97 Å². The monoisotopic (exact) mass is 728 g/mol. The Bertz CT molecular complexity index is 3450. The number of nitrogens with zero attached hydrogens (tertiary/aromatic N) is 4. The van der Waals surface area contributed by atoms with Gasteiger partial charge < -0.3 is 13.6 Å². The molecule has 12 aromatic rings. The topological polar surface area (TPSA) is 48.8 Å². The molecule has 4 heterocycles. The molecular weight excluding hydrogens is 697 g/mol. The van der Waals surface area contributed by atoms with E-state index in [0.29, 0.717) is 5.82 Å². The summed E-state index contributed by atoms with van der Waals surface area (Å²) in [5, 5.41) is 6.93. The van der Waals surface area contributed by atoms with E-state index >= 15 is 0 Å². The fourth-order valence-corrected chi connectivity index (χ4v) is 8.84. The number of benzene rings is 8. The van der Waals surface area contributed by atoms with Gasteiger partial charge in [0.25, 0.3) is 0 Å². The van der Waals surface area contributed by atoms with Crippen LogP contribution in [0.3, 0.4) is 0 Å².